The van der Waals surface area contributed by atoms with Gasteiger partial charge in [-0.2, -0.15) is 0 Å². The lowest BCUT2D eigenvalue weighted by Gasteiger charge is -2.44. The molecule has 2 fully saturated rings. The van der Waals surface area contributed by atoms with Crippen LogP contribution in [-0.4, -0.2) is 61.2 Å². The molecule has 0 bridgehead atoms. The van der Waals surface area contributed by atoms with Crippen molar-refractivity contribution < 1.29 is 0 Å². The fraction of sp³-hybridized carbons (Fsp3) is 1.00. The number of nitrogens with zero attached hydrogens (tertiary/aromatic N) is 2. The van der Waals surface area contributed by atoms with E-state index in [-0.39, 0.29) is 0 Å². The molecule has 3 heteroatoms. The molecule has 0 saturated carbocycles. The quantitative estimate of drug-likeness (QED) is 0.824. The molecule has 2 atom stereocenters. The first kappa shape index (κ1) is 15.3. The normalized spacial score (nSPS) is 31.7. The predicted molar refractivity (Wildman–Crippen MR) is 82.6 cm³/mol. The van der Waals surface area contributed by atoms with E-state index in [1.165, 1.54) is 58.4 Å². The summed E-state index contributed by atoms with van der Waals surface area (Å²) < 4.78 is 0. The van der Waals surface area contributed by atoms with E-state index in [1.807, 2.05) is 0 Å². The van der Waals surface area contributed by atoms with Gasteiger partial charge in [0.1, 0.15) is 0 Å². The first-order chi connectivity index (χ1) is 9.24. The zero-order valence-electron chi connectivity index (χ0n) is 13.2. The molecule has 1 N–H and O–H groups in total. The van der Waals surface area contributed by atoms with Gasteiger partial charge in [-0.1, -0.05) is 20.8 Å². The largest absolute Gasteiger partial charge is 0.314 e. The maximum Gasteiger partial charge on any atom is 0.0120 e. The highest BCUT2D eigenvalue weighted by Crippen LogP contribution is 2.24. The van der Waals surface area contributed by atoms with E-state index >= 15 is 0 Å². The summed E-state index contributed by atoms with van der Waals surface area (Å²) in [6.07, 6.45) is 5.41. The molecule has 2 aliphatic heterocycles. The van der Waals surface area contributed by atoms with Crippen LogP contribution in [0.2, 0.25) is 0 Å². The monoisotopic (exact) mass is 267 g/mol. The second kappa shape index (κ2) is 7.61. The van der Waals surface area contributed by atoms with Gasteiger partial charge in [0.05, 0.1) is 0 Å². The van der Waals surface area contributed by atoms with Gasteiger partial charge in [0.2, 0.25) is 0 Å². The minimum absolute atomic E-state index is 0.751. The van der Waals surface area contributed by atoms with Crippen LogP contribution < -0.4 is 5.32 Å². The fourth-order valence-electron chi connectivity index (χ4n) is 3.90. The first-order valence-electron chi connectivity index (χ1n) is 8.44. The molecule has 0 spiro atoms. The number of hydrogen-bond acceptors (Lipinski definition) is 3. The molecule has 2 saturated heterocycles. The van der Waals surface area contributed by atoms with Gasteiger partial charge >= 0.3 is 0 Å². The van der Waals surface area contributed by atoms with Gasteiger partial charge in [-0.25, -0.2) is 0 Å². The molecular weight excluding hydrogens is 234 g/mol. The van der Waals surface area contributed by atoms with Gasteiger partial charge in [-0.3, -0.25) is 4.90 Å². The SMILES string of the molecule is CCCN1CCC(N2CCC(NCC)C(C)C2)CC1. The van der Waals surface area contributed by atoms with Crippen LogP contribution in [0.15, 0.2) is 0 Å². The predicted octanol–water partition coefficient (Wildman–Crippen LogP) is 2.18. The van der Waals surface area contributed by atoms with Crippen LogP contribution in [0.4, 0.5) is 0 Å². The summed E-state index contributed by atoms with van der Waals surface area (Å²) in [6.45, 7) is 14.6. The maximum atomic E-state index is 3.65. The third-order valence-electron chi connectivity index (χ3n) is 5.02. The molecule has 2 aliphatic rings. The average Bonchev–Trinajstić information content (AvgIpc) is 2.43. The van der Waals surface area contributed by atoms with E-state index in [2.05, 4.69) is 35.9 Å². The van der Waals surface area contributed by atoms with Crippen LogP contribution in [0.1, 0.15) is 46.5 Å². The van der Waals surface area contributed by atoms with Crippen LogP contribution in [-0.2, 0) is 0 Å². The van der Waals surface area contributed by atoms with Crippen molar-refractivity contribution in [3.05, 3.63) is 0 Å². The smallest absolute Gasteiger partial charge is 0.0120 e. The van der Waals surface area contributed by atoms with E-state index in [0.29, 0.717) is 0 Å². The van der Waals surface area contributed by atoms with Crippen molar-refractivity contribution in [2.45, 2.75) is 58.5 Å². The van der Waals surface area contributed by atoms with Crippen LogP contribution in [0, 0.1) is 5.92 Å². The Morgan fingerprint density at radius 2 is 1.79 bits per heavy atom. The minimum atomic E-state index is 0.751. The van der Waals surface area contributed by atoms with Gasteiger partial charge in [0.15, 0.2) is 0 Å². The van der Waals surface area contributed by atoms with Crippen molar-refractivity contribution in [2.75, 3.05) is 39.3 Å². The van der Waals surface area contributed by atoms with Gasteiger partial charge in [-0.05, 0) is 64.3 Å². The van der Waals surface area contributed by atoms with Crippen molar-refractivity contribution >= 4 is 0 Å². The first-order valence-corrected chi connectivity index (χ1v) is 8.44. The van der Waals surface area contributed by atoms with Crippen LogP contribution in [0.25, 0.3) is 0 Å². The van der Waals surface area contributed by atoms with E-state index in [0.717, 1.165) is 24.5 Å². The fourth-order valence-corrected chi connectivity index (χ4v) is 3.90. The molecule has 0 amide bonds. The van der Waals surface area contributed by atoms with E-state index in [9.17, 15) is 0 Å². The van der Waals surface area contributed by atoms with Crippen molar-refractivity contribution in [1.82, 2.24) is 15.1 Å². The number of likely N-dealkylation sites (tertiary alicyclic amines) is 2. The zero-order valence-corrected chi connectivity index (χ0v) is 13.2. The summed E-state index contributed by atoms with van der Waals surface area (Å²) in [5.41, 5.74) is 0. The van der Waals surface area contributed by atoms with E-state index in [1.54, 1.807) is 0 Å². The van der Waals surface area contributed by atoms with E-state index < -0.39 is 0 Å². The van der Waals surface area contributed by atoms with Gasteiger partial charge in [0.25, 0.3) is 0 Å². The summed E-state index contributed by atoms with van der Waals surface area (Å²) in [7, 11) is 0. The summed E-state index contributed by atoms with van der Waals surface area (Å²) in [6, 6.07) is 1.61. The van der Waals surface area contributed by atoms with Gasteiger partial charge in [-0.15, -0.1) is 0 Å². The summed E-state index contributed by atoms with van der Waals surface area (Å²) in [4.78, 5) is 5.42. The van der Waals surface area contributed by atoms with Crippen molar-refractivity contribution in [1.29, 1.82) is 0 Å². The van der Waals surface area contributed by atoms with Crippen LogP contribution in [0.5, 0.6) is 0 Å². The molecule has 2 rings (SSSR count). The second-order valence-corrected chi connectivity index (χ2v) is 6.50. The average molecular weight is 267 g/mol. The molecule has 2 heterocycles. The molecule has 0 aliphatic carbocycles. The van der Waals surface area contributed by atoms with Crippen molar-refractivity contribution in [3.63, 3.8) is 0 Å². The third-order valence-corrected chi connectivity index (χ3v) is 5.02. The lowest BCUT2D eigenvalue weighted by molar-refractivity contribution is 0.0618. The molecule has 3 nitrogen and oxygen atoms in total. The summed E-state index contributed by atoms with van der Waals surface area (Å²) in [5.74, 6) is 0.808. The van der Waals surface area contributed by atoms with Gasteiger partial charge < -0.3 is 10.2 Å². The number of rotatable bonds is 5. The Labute approximate surface area is 119 Å². The number of nitrogens with one attached hydrogen (secondary N) is 1. The molecule has 112 valence electrons. The Balaban J connectivity index is 1.75. The minimum Gasteiger partial charge on any atom is -0.314 e. The molecule has 0 aromatic rings. The van der Waals surface area contributed by atoms with Crippen LogP contribution >= 0.6 is 0 Å². The Bertz CT molecular complexity index is 248. The highest BCUT2D eigenvalue weighted by Gasteiger charge is 2.31. The number of piperidine rings is 2. The molecule has 19 heavy (non-hydrogen) atoms. The Morgan fingerprint density at radius 1 is 1.05 bits per heavy atom. The van der Waals surface area contributed by atoms with Crippen LogP contribution in [0.3, 0.4) is 0 Å². The van der Waals surface area contributed by atoms with Gasteiger partial charge in [0, 0.05) is 18.6 Å². The summed E-state index contributed by atoms with van der Waals surface area (Å²) in [5, 5.41) is 3.65. The molecular formula is C16H33N3. The van der Waals surface area contributed by atoms with Crippen molar-refractivity contribution in [2.24, 2.45) is 5.92 Å². The number of hydrogen-bond donors (Lipinski definition) is 1. The molecule has 0 radical (unpaired) electrons. The lowest BCUT2D eigenvalue weighted by atomic mass is 9.91. The molecule has 0 aromatic carbocycles. The topological polar surface area (TPSA) is 18.5 Å². The Morgan fingerprint density at radius 3 is 2.37 bits per heavy atom. The van der Waals surface area contributed by atoms with Crippen molar-refractivity contribution in [3.8, 4) is 0 Å². The Kier molecular flexibility index (Phi) is 6.11. The lowest BCUT2D eigenvalue weighted by Crippen LogP contribution is -2.53. The van der Waals surface area contributed by atoms with E-state index in [4.69, 9.17) is 0 Å². The standard InChI is InChI=1S/C16H33N3/c1-4-9-18-10-6-15(7-11-18)19-12-8-16(17-5-2)14(3)13-19/h14-17H,4-13H2,1-3H3. The summed E-state index contributed by atoms with van der Waals surface area (Å²) >= 11 is 0. The second-order valence-electron chi connectivity index (χ2n) is 6.50. The molecule has 0 aromatic heterocycles. The highest BCUT2D eigenvalue weighted by atomic mass is 15.2. The molecule has 2 unspecified atom stereocenters. The highest BCUT2D eigenvalue weighted by molar-refractivity contribution is 4.88. The Hall–Kier alpha value is -0.120. The zero-order chi connectivity index (χ0) is 13.7. The maximum absolute atomic E-state index is 3.65. The third kappa shape index (κ3) is 4.17.